The van der Waals surface area contributed by atoms with Gasteiger partial charge in [0.05, 0.1) is 33.1 Å². The molecule has 7 heteroatoms. The number of nitrogens with one attached hydrogen (secondary N) is 2. The highest BCUT2D eigenvalue weighted by molar-refractivity contribution is 6.06. The molecule has 2 aromatic carbocycles. The fraction of sp³-hybridized carbons (Fsp3) is 0.158. The van der Waals surface area contributed by atoms with Crippen molar-refractivity contribution in [3.8, 4) is 17.2 Å². The molecule has 0 atom stereocenters. The Hall–Kier alpha value is -3.48. The second kappa shape index (κ2) is 7.60. The second-order valence-corrected chi connectivity index (χ2v) is 5.40. The Kier molecular flexibility index (Phi) is 5.07. The van der Waals surface area contributed by atoms with Gasteiger partial charge >= 0.3 is 0 Å². The number of amides is 1. The fourth-order valence-electron chi connectivity index (χ4n) is 2.66. The van der Waals surface area contributed by atoms with E-state index in [2.05, 4.69) is 15.5 Å². The number of rotatable bonds is 6. The van der Waals surface area contributed by atoms with E-state index in [-0.39, 0.29) is 5.91 Å². The Bertz CT molecular complexity index is 963. The van der Waals surface area contributed by atoms with Gasteiger partial charge in [0.2, 0.25) is 0 Å². The van der Waals surface area contributed by atoms with Crippen LogP contribution in [0.15, 0.2) is 47.7 Å². The number of nitrogens with zero attached hydrogens (tertiary/aromatic N) is 1. The van der Waals surface area contributed by atoms with Crippen LogP contribution in [0.1, 0.15) is 15.9 Å². The molecule has 0 radical (unpaired) electrons. The molecule has 26 heavy (non-hydrogen) atoms. The molecule has 3 rings (SSSR count). The van der Waals surface area contributed by atoms with Gasteiger partial charge in [-0.2, -0.15) is 5.10 Å². The predicted molar refractivity (Wildman–Crippen MR) is 99.5 cm³/mol. The summed E-state index contributed by atoms with van der Waals surface area (Å²) >= 11 is 0. The van der Waals surface area contributed by atoms with E-state index in [4.69, 9.17) is 14.2 Å². The van der Waals surface area contributed by atoms with Gasteiger partial charge in [-0.25, -0.2) is 5.43 Å². The number of aromatic nitrogens is 1. The zero-order valence-corrected chi connectivity index (χ0v) is 14.7. The van der Waals surface area contributed by atoms with Crippen LogP contribution in [0.5, 0.6) is 17.2 Å². The molecule has 7 nitrogen and oxygen atoms in total. The summed E-state index contributed by atoms with van der Waals surface area (Å²) in [6.07, 6.45) is 3.14. The highest BCUT2D eigenvalue weighted by Gasteiger charge is 2.13. The number of para-hydroxylation sites is 1. The van der Waals surface area contributed by atoms with Gasteiger partial charge in [0, 0.05) is 28.7 Å². The minimum Gasteiger partial charge on any atom is -0.497 e. The minimum absolute atomic E-state index is 0.312. The molecule has 1 heterocycles. The van der Waals surface area contributed by atoms with E-state index in [0.29, 0.717) is 28.4 Å². The molecule has 0 spiro atoms. The monoisotopic (exact) mass is 353 g/mol. The van der Waals surface area contributed by atoms with Crippen molar-refractivity contribution in [2.24, 2.45) is 5.10 Å². The lowest BCUT2D eigenvalue weighted by Crippen LogP contribution is -2.17. The highest BCUT2D eigenvalue weighted by Crippen LogP contribution is 2.34. The first-order chi connectivity index (χ1) is 12.7. The lowest BCUT2D eigenvalue weighted by molar-refractivity contribution is 0.0957. The Morgan fingerprint density at radius 3 is 2.65 bits per heavy atom. The number of carbonyl (C=O) groups is 1. The number of hydrogen-bond donors (Lipinski definition) is 2. The maximum absolute atomic E-state index is 12.4. The third-order valence-electron chi connectivity index (χ3n) is 3.92. The molecule has 0 aliphatic rings. The van der Waals surface area contributed by atoms with Gasteiger partial charge in [0.15, 0.2) is 11.5 Å². The summed E-state index contributed by atoms with van der Waals surface area (Å²) in [4.78, 5) is 15.4. The Balaban J connectivity index is 1.83. The number of H-pyrrole nitrogens is 1. The number of aromatic amines is 1. The first kappa shape index (κ1) is 17.3. The molecular weight excluding hydrogens is 334 g/mol. The van der Waals surface area contributed by atoms with Crippen LogP contribution in [-0.2, 0) is 0 Å². The molecule has 0 saturated carbocycles. The summed E-state index contributed by atoms with van der Waals surface area (Å²) in [7, 11) is 4.63. The second-order valence-electron chi connectivity index (χ2n) is 5.40. The first-order valence-corrected chi connectivity index (χ1v) is 7.87. The predicted octanol–water partition coefficient (Wildman–Crippen LogP) is 2.96. The summed E-state index contributed by atoms with van der Waals surface area (Å²) in [5, 5.41) is 4.87. The van der Waals surface area contributed by atoms with Gasteiger partial charge in [0.25, 0.3) is 5.91 Å². The molecule has 0 aliphatic heterocycles. The Labute approximate surface area is 150 Å². The lowest BCUT2D eigenvalue weighted by atomic mass is 10.2. The number of hydrogen-bond acceptors (Lipinski definition) is 5. The highest BCUT2D eigenvalue weighted by atomic mass is 16.5. The van der Waals surface area contributed by atoms with Crippen molar-refractivity contribution in [1.29, 1.82) is 0 Å². The fourth-order valence-corrected chi connectivity index (χ4v) is 2.66. The summed E-state index contributed by atoms with van der Waals surface area (Å²) < 4.78 is 15.9. The van der Waals surface area contributed by atoms with Crippen LogP contribution >= 0.6 is 0 Å². The van der Waals surface area contributed by atoms with E-state index in [1.165, 1.54) is 20.4 Å². The number of ether oxygens (including phenoxy) is 3. The Morgan fingerprint density at radius 1 is 1.12 bits per heavy atom. The Morgan fingerprint density at radius 2 is 1.92 bits per heavy atom. The largest absolute Gasteiger partial charge is 0.497 e. The third kappa shape index (κ3) is 3.32. The molecule has 0 unspecified atom stereocenters. The van der Waals surface area contributed by atoms with Gasteiger partial charge in [-0.15, -0.1) is 0 Å². The lowest BCUT2D eigenvalue weighted by Gasteiger charge is -2.12. The summed E-state index contributed by atoms with van der Waals surface area (Å²) in [5.41, 5.74) is 4.55. The molecule has 0 bridgehead atoms. The van der Waals surface area contributed by atoms with E-state index < -0.39 is 0 Å². The van der Waals surface area contributed by atoms with Crippen molar-refractivity contribution in [2.45, 2.75) is 0 Å². The number of carbonyl (C=O) groups excluding carboxylic acids is 1. The summed E-state index contributed by atoms with van der Waals surface area (Å²) in [6.45, 7) is 0. The van der Waals surface area contributed by atoms with E-state index in [1.807, 2.05) is 24.3 Å². The van der Waals surface area contributed by atoms with Crippen LogP contribution in [-0.4, -0.2) is 38.4 Å². The third-order valence-corrected chi connectivity index (χ3v) is 3.92. The normalized spacial score (nSPS) is 10.9. The molecule has 0 fully saturated rings. The summed E-state index contributed by atoms with van der Waals surface area (Å²) in [5.74, 6) is 1.29. The van der Waals surface area contributed by atoms with Crippen LogP contribution in [0.4, 0.5) is 0 Å². The molecular formula is C19H19N3O4. The van der Waals surface area contributed by atoms with Crippen molar-refractivity contribution in [1.82, 2.24) is 10.4 Å². The minimum atomic E-state index is -0.312. The smallest absolute Gasteiger partial charge is 0.273 e. The topological polar surface area (TPSA) is 84.9 Å². The number of hydrazone groups is 1. The molecule has 1 aromatic heterocycles. The van der Waals surface area contributed by atoms with Crippen LogP contribution in [0.3, 0.4) is 0 Å². The van der Waals surface area contributed by atoms with Crippen molar-refractivity contribution in [3.63, 3.8) is 0 Å². The van der Waals surface area contributed by atoms with E-state index in [0.717, 1.165) is 10.9 Å². The van der Waals surface area contributed by atoms with Crippen molar-refractivity contribution >= 4 is 23.0 Å². The number of methoxy groups -OCH3 is 3. The zero-order chi connectivity index (χ0) is 18.5. The average Bonchev–Trinajstić information content (AvgIpc) is 3.11. The van der Waals surface area contributed by atoms with Crippen molar-refractivity contribution in [3.05, 3.63) is 53.7 Å². The SMILES string of the molecule is COc1cc(C=NNC(=O)c2c[nH]c3ccccc23)c(OC)c(OC)c1. The zero-order valence-electron chi connectivity index (χ0n) is 14.7. The molecule has 1 amide bonds. The van der Waals surface area contributed by atoms with E-state index in [1.54, 1.807) is 25.4 Å². The number of benzene rings is 2. The average molecular weight is 353 g/mol. The quantitative estimate of drug-likeness (QED) is 0.527. The van der Waals surface area contributed by atoms with Gasteiger partial charge in [-0.05, 0) is 12.1 Å². The van der Waals surface area contributed by atoms with Crippen LogP contribution in [0, 0.1) is 0 Å². The number of fused-ring (bicyclic) bond motifs is 1. The van der Waals surface area contributed by atoms with Gasteiger partial charge in [0.1, 0.15) is 5.75 Å². The molecule has 3 aromatic rings. The first-order valence-electron chi connectivity index (χ1n) is 7.87. The maximum atomic E-state index is 12.4. The van der Waals surface area contributed by atoms with Crippen LogP contribution < -0.4 is 19.6 Å². The van der Waals surface area contributed by atoms with E-state index in [9.17, 15) is 4.79 Å². The maximum Gasteiger partial charge on any atom is 0.273 e. The molecule has 2 N–H and O–H groups in total. The van der Waals surface area contributed by atoms with Gasteiger partial charge in [-0.3, -0.25) is 4.79 Å². The van der Waals surface area contributed by atoms with E-state index >= 15 is 0 Å². The van der Waals surface area contributed by atoms with Crippen molar-refractivity contribution in [2.75, 3.05) is 21.3 Å². The van der Waals surface area contributed by atoms with Gasteiger partial charge < -0.3 is 19.2 Å². The molecule has 134 valence electrons. The molecule has 0 saturated heterocycles. The van der Waals surface area contributed by atoms with Crippen LogP contribution in [0.2, 0.25) is 0 Å². The van der Waals surface area contributed by atoms with Crippen LogP contribution in [0.25, 0.3) is 10.9 Å². The molecule has 0 aliphatic carbocycles. The summed E-state index contributed by atoms with van der Waals surface area (Å²) in [6, 6.07) is 11.0. The standard InChI is InChI=1S/C19H19N3O4/c1-24-13-8-12(18(26-3)17(9-13)25-2)10-21-22-19(23)15-11-20-16-7-5-4-6-14(15)16/h4-11,20H,1-3H3,(H,22,23). The van der Waals surface area contributed by atoms with Crippen molar-refractivity contribution < 1.29 is 19.0 Å². The van der Waals surface area contributed by atoms with Gasteiger partial charge in [-0.1, -0.05) is 18.2 Å².